The Hall–Kier alpha value is -1.07. The lowest BCUT2D eigenvalue weighted by Crippen LogP contribution is -2.28. The Kier molecular flexibility index (Phi) is 5.97. The number of likely N-dealkylation sites (N-methyl/N-ethyl adjacent to an activating group) is 1. The Morgan fingerprint density at radius 2 is 1.88 bits per heavy atom. The van der Waals surface area contributed by atoms with Crippen molar-refractivity contribution in [1.82, 2.24) is 4.90 Å². The summed E-state index contributed by atoms with van der Waals surface area (Å²) in [6.07, 6.45) is 0.928. The van der Waals surface area contributed by atoms with Crippen molar-refractivity contribution >= 4 is 61.8 Å². The monoisotopic (exact) mass is 430 g/mol. The number of hydrogen-bond acceptors (Lipinski definition) is 7. The van der Waals surface area contributed by atoms with Crippen LogP contribution in [0, 0.1) is 0 Å². The highest BCUT2D eigenvalue weighted by Crippen LogP contribution is 2.50. The average Bonchev–Trinajstić information content (AvgIpc) is 3.08. The molecule has 6 nitrogen and oxygen atoms in total. The number of hydrogen-bond donors (Lipinski definition) is 1. The average molecular weight is 431 g/mol. The van der Waals surface area contributed by atoms with Crippen molar-refractivity contribution in [2.24, 2.45) is 0 Å². The van der Waals surface area contributed by atoms with Crippen LogP contribution in [0.5, 0.6) is 0 Å². The summed E-state index contributed by atoms with van der Waals surface area (Å²) in [4.78, 5) is 18.0. The van der Waals surface area contributed by atoms with E-state index in [1.54, 1.807) is 4.90 Å². The molecule has 0 bridgehead atoms. The van der Waals surface area contributed by atoms with Gasteiger partial charge in [0.2, 0.25) is 0 Å². The molecular formula is C16H18N2O4S4. The van der Waals surface area contributed by atoms with Crippen LogP contribution in [-0.4, -0.2) is 46.9 Å². The van der Waals surface area contributed by atoms with E-state index in [9.17, 15) is 13.2 Å². The van der Waals surface area contributed by atoms with Crippen molar-refractivity contribution in [2.45, 2.75) is 24.7 Å². The van der Waals surface area contributed by atoms with Crippen LogP contribution in [0.3, 0.4) is 0 Å². The van der Waals surface area contributed by atoms with E-state index in [0.29, 0.717) is 35.2 Å². The number of para-hydroxylation sites is 1. The van der Waals surface area contributed by atoms with Gasteiger partial charge in [-0.3, -0.25) is 14.2 Å². The van der Waals surface area contributed by atoms with Gasteiger partial charge < -0.3 is 4.90 Å². The number of thiocarbonyl (C=S) groups is 1. The van der Waals surface area contributed by atoms with Gasteiger partial charge in [-0.25, -0.2) is 0 Å². The normalized spacial score (nSPS) is 20.2. The van der Waals surface area contributed by atoms with Gasteiger partial charge in [0.05, 0.1) is 11.4 Å². The fraction of sp³-hybridized carbons (Fsp3) is 0.375. The third-order valence-electron chi connectivity index (χ3n) is 4.00. The van der Waals surface area contributed by atoms with Gasteiger partial charge in [-0.15, -0.1) is 0 Å². The van der Waals surface area contributed by atoms with Crippen LogP contribution >= 0.6 is 35.7 Å². The first-order valence-corrected chi connectivity index (χ1v) is 11.7. The summed E-state index contributed by atoms with van der Waals surface area (Å²) in [5.74, 6) is -0.344. The molecule has 2 heterocycles. The molecule has 0 atom stereocenters. The molecule has 0 aromatic heterocycles. The molecule has 2 aliphatic rings. The van der Waals surface area contributed by atoms with E-state index in [2.05, 4.69) is 0 Å². The second-order valence-electron chi connectivity index (χ2n) is 5.77. The maximum Gasteiger partial charge on any atom is 0.268 e. The minimum absolute atomic E-state index is 0.0826. The van der Waals surface area contributed by atoms with Gasteiger partial charge in [-0.1, -0.05) is 47.9 Å². The van der Waals surface area contributed by atoms with E-state index in [4.69, 9.17) is 16.8 Å². The lowest BCUT2D eigenvalue weighted by atomic mass is 10.2. The van der Waals surface area contributed by atoms with Crippen LogP contribution in [0.1, 0.15) is 19.8 Å². The van der Waals surface area contributed by atoms with Gasteiger partial charge in [-0.05, 0) is 31.9 Å². The minimum Gasteiger partial charge on any atom is -0.334 e. The predicted octanol–water partition coefficient (Wildman–Crippen LogP) is 3.32. The number of rotatable bonds is 6. The van der Waals surface area contributed by atoms with Crippen molar-refractivity contribution in [3.8, 4) is 0 Å². The molecule has 0 spiro atoms. The number of fused-ring (bicyclic) bond motifs is 1. The van der Waals surface area contributed by atoms with Crippen LogP contribution < -0.4 is 4.90 Å². The number of thioether (sulfide) groups is 2. The van der Waals surface area contributed by atoms with E-state index >= 15 is 0 Å². The van der Waals surface area contributed by atoms with Crippen LogP contribution in [0.15, 0.2) is 39.1 Å². The maximum absolute atomic E-state index is 12.7. The molecule has 1 N–H and O–H groups in total. The second kappa shape index (κ2) is 7.89. The van der Waals surface area contributed by atoms with Crippen molar-refractivity contribution in [1.29, 1.82) is 0 Å². The van der Waals surface area contributed by atoms with Crippen LogP contribution in [0.2, 0.25) is 0 Å². The molecule has 1 amide bonds. The predicted molar refractivity (Wildman–Crippen MR) is 110 cm³/mol. The summed E-state index contributed by atoms with van der Waals surface area (Å²) < 4.78 is 31.3. The topological polar surface area (TPSA) is 77.9 Å². The largest absolute Gasteiger partial charge is 0.334 e. The number of amides is 1. The number of unbranched alkanes of at least 4 members (excludes halogenated alkanes) is 1. The Morgan fingerprint density at radius 1 is 1.15 bits per heavy atom. The molecule has 10 heteroatoms. The van der Waals surface area contributed by atoms with Gasteiger partial charge >= 0.3 is 0 Å². The summed E-state index contributed by atoms with van der Waals surface area (Å²) in [5.41, 5.74) is 1.00. The van der Waals surface area contributed by atoms with Crippen molar-refractivity contribution in [2.75, 3.05) is 23.7 Å². The number of nitrogens with zero attached hydrogens (tertiary/aromatic N) is 2. The first-order valence-electron chi connectivity index (χ1n) is 8.09. The van der Waals surface area contributed by atoms with Gasteiger partial charge in [0.25, 0.3) is 16.0 Å². The van der Waals surface area contributed by atoms with Crippen molar-refractivity contribution in [3.63, 3.8) is 0 Å². The highest BCUT2D eigenvalue weighted by molar-refractivity contribution is 8.27. The Bertz CT molecular complexity index is 882. The van der Waals surface area contributed by atoms with Gasteiger partial charge in [0.15, 0.2) is 0 Å². The number of carbonyl (C=O) groups is 1. The minimum atomic E-state index is -3.95. The van der Waals surface area contributed by atoms with Crippen LogP contribution in [0.25, 0.3) is 0 Å². The molecule has 26 heavy (non-hydrogen) atoms. The maximum atomic E-state index is 12.7. The number of anilines is 1. The first kappa shape index (κ1) is 19.7. The zero-order valence-corrected chi connectivity index (χ0v) is 17.3. The van der Waals surface area contributed by atoms with E-state index in [-0.39, 0.29) is 11.7 Å². The molecule has 0 radical (unpaired) electrons. The Balaban J connectivity index is 1.86. The molecule has 3 rings (SSSR count). The highest BCUT2D eigenvalue weighted by atomic mass is 32.2. The lowest BCUT2D eigenvalue weighted by molar-refractivity contribution is -0.122. The Labute approximate surface area is 166 Å². The molecular weight excluding hydrogens is 412 g/mol. The third-order valence-corrected chi connectivity index (χ3v) is 7.56. The summed E-state index contributed by atoms with van der Waals surface area (Å²) in [7, 11) is -3.95. The van der Waals surface area contributed by atoms with Gasteiger partial charge in [-0.2, -0.15) is 8.42 Å². The molecule has 1 aromatic rings. The van der Waals surface area contributed by atoms with E-state index in [1.807, 2.05) is 36.1 Å². The Morgan fingerprint density at radius 3 is 2.54 bits per heavy atom. The lowest BCUT2D eigenvalue weighted by Gasteiger charge is -2.21. The number of carbonyl (C=O) groups excluding carboxylic acids is 1. The molecule has 0 unspecified atom stereocenters. The quantitative estimate of drug-likeness (QED) is 0.319. The molecule has 2 aliphatic heterocycles. The zero-order chi connectivity index (χ0) is 18.9. The summed E-state index contributed by atoms with van der Waals surface area (Å²) in [6, 6.07) is 7.87. The van der Waals surface area contributed by atoms with Crippen molar-refractivity contribution in [3.05, 3.63) is 34.2 Å². The summed E-state index contributed by atoms with van der Waals surface area (Å²) in [6.45, 7) is 2.99. The van der Waals surface area contributed by atoms with Crippen molar-refractivity contribution < 1.29 is 17.8 Å². The molecule has 140 valence electrons. The van der Waals surface area contributed by atoms with Crippen LogP contribution in [-0.2, 0) is 14.9 Å². The second-order valence-corrected chi connectivity index (χ2v) is 10.0. The van der Waals surface area contributed by atoms with E-state index in [1.165, 1.54) is 23.5 Å². The molecule has 0 saturated carbocycles. The third kappa shape index (κ3) is 4.09. The van der Waals surface area contributed by atoms with Gasteiger partial charge in [0.1, 0.15) is 14.3 Å². The summed E-state index contributed by atoms with van der Waals surface area (Å²) >= 11 is 8.16. The molecule has 1 fully saturated rings. The van der Waals surface area contributed by atoms with E-state index in [0.717, 1.165) is 15.6 Å². The SMILES string of the molecule is CCN1C(=O)C(=C2Sc3ccccc3N2CCCCS(=O)(=O)O)SC1=S. The van der Waals surface area contributed by atoms with E-state index < -0.39 is 10.1 Å². The molecule has 1 aromatic carbocycles. The molecule has 0 aliphatic carbocycles. The zero-order valence-electron chi connectivity index (χ0n) is 14.0. The van der Waals surface area contributed by atoms with Gasteiger partial charge in [0, 0.05) is 18.0 Å². The standard InChI is InChI=1S/C16H18N2O4S4/c1-2-17-14(19)13(25-16(17)23)15-18(9-5-6-10-26(20,21)22)11-7-3-4-8-12(11)24-15/h3-4,7-8H,2,5-6,9-10H2,1H3,(H,20,21,22). The fourth-order valence-corrected chi connectivity index (χ4v) is 6.07. The number of benzene rings is 1. The summed E-state index contributed by atoms with van der Waals surface area (Å²) in [5, 5.41) is 0.839. The highest BCUT2D eigenvalue weighted by Gasteiger charge is 2.38. The first-order chi connectivity index (χ1) is 12.3. The fourth-order valence-electron chi connectivity index (χ4n) is 2.78. The molecule has 1 saturated heterocycles. The van der Waals surface area contributed by atoms with Crippen LogP contribution in [0.4, 0.5) is 5.69 Å². The smallest absolute Gasteiger partial charge is 0.268 e.